The van der Waals surface area contributed by atoms with Crippen LogP contribution < -0.4 is 0 Å². The number of hydrogen-bond acceptors (Lipinski definition) is 3. The molecule has 2 fully saturated rings. The molecule has 0 radical (unpaired) electrons. The van der Waals surface area contributed by atoms with Crippen LogP contribution in [-0.2, 0) is 4.79 Å². The number of carbonyl (C=O) groups is 1. The normalized spacial score (nSPS) is 32.5. The minimum Gasteiger partial charge on any atom is -0.303 e. The van der Waals surface area contributed by atoms with Crippen LogP contribution in [0.5, 0.6) is 0 Å². The smallest absolute Gasteiger partial charge is 0.124 e. The van der Waals surface area contributed by atoms with Crippen molar-refractivity contribution in [3.8, 4) is 0 Å². The van der Waals surface area contributed by atoms with Crippen LogP contribution in [0, 0.1) is 5.92 Å². The van der Waals surface area contributed by atoms with Gasteiger partial charge in [-0.1, -0.05) is 6.42 Å². The van der Waals surface area contributed by atoms with E-state index in [9.17, 15) is 4.79 Å². The van der Waals surface area contributed by atoms with Crippen molar-refractivity contribution in [2.75, 3.05) is 33.2 Å². The molecular formula is C14H26N2O. The summed E-state index contributed by atoms with van der Waals surface area (Å²) >= 11 is 0. The topological polar surface area (TPSA) is 23.6 Å². The van der Waals surface area contributed by atoms with Gasteiger partial charge in [0.1, 0.15) is 6.29 Å². The molecule has 2 unspecified atom stereocenters. The third-order valence-corrected chi connectivity index (χ3v) is 4.43. The maximum absolute atomic E-state index is 10.8. The van der Waals surface area contributed by atoms with Crippen LogP contribution in [0.4, 0.5) is 0 Å². The van der Waals surface area contributed by atoms with Crippen LogP contribution in [0.1, 0.15) is 38.5 Å². The number of carbonyl (C=O) groups excluding carboxylic acids is 1. The number of nitrogens with zero attached hydrogens (tertiary/aromatic N) is 2. The second-order valence-electron chi connectivity index (χ2n) is 5.76. The van der Waals surface area contributed by atoms with Gasteiger partial charge < -0.3 is 14.6 Å². The van der Waals surface area contributed by atoms with Crippen molar-refractivity contribution in [2.45, 2.75) is 44.6 Å². The third-order valence-electron chi connectivity index (χ3n) is 4.43. The van der Waals surface area contributed by atoms with Gasteiger partial charge >= 0.3 is 0 Å². The monoisotopic (exact) mass is 238 g/mol. The van der Waals surface area contributed by atoms with Crippen LogP contribution in [0.15, 0.2) is 0 Å². The van der Waals surface area contributed by atoms with Crippen molar-refractivity contribution in [1.82, 2.24) is 9.80 Å². The van der Waals surface area contributed by atoms with Gasteiger partial charge in [0.05, 0.1) is 0 Å². The van der Waals surface area contributed by atoms with Gasteiger partial charge in [0.15, 0.2) is 0 Å². The summed E-state index contributed by atoms with van der Waals surface area (Å²) in [5, 5.41) is 0. The Hall–Kier alpha value is -0.410. The van der Waals surface area contributed by atoms with E-state index >= 15 is 0 Å². The van der Waals surface area contributed by atoms with E-state index in [1.807, 2.05) is 0 Å². The molecule has 0 aromatic rings. The molecule has 0 spiro atoms. The molecule has 2 aliphatic heterocycles. The van der Waals surface area contributed by atoms with Crippen LogP contribution in [0.25, 0.3) is 0 Å². The Bertz CT molecular complexity index is 244. The minimum absolute atomic E-state index is 0.299. The number of likely N-dealkylation sites (tertiary alicyclic amines) is 2. The zero-order valence-electron chi connectivity index (χ0n) is 11.1. The summed E-state index contributed by atoms with van der Waals surface area (Å²) in [6.45, 7) is 4.64. The molecule has 0 aliphatic carbocycles. The maximum atomic E-state index is 10.8. The Kier molecular flexibility index (Phi) is 4.99. The lowest BCUT2D eigenvalue weighted by Crippen LogP contribution is -2.41. The molecule has 0 amide bonds. The van der Waals surface area contributed by atoms with E-state index in [1.165, 1.54) is 51.7 Å². The molecule has 98 valence electrons. The lowest BCUT2D eigenvalue weighted by atomic mass is 9.97. The quantitative estimate of drug-likeness (QED) is 0.697. The molecule has 0 saturated carbocycles. The average molecular weight is 238 g/mol. The lowest BCUT2D eigenvalue weighted by molar-refractivity contribution is -0.112. The van der Waals surface area contributed by atoms with E-state index in [0.717, 1.165) is 25.3 Å². The number of piperidine rings is 2. The van der Waals surface area contributed by atoms with Gasteiger partial charge in [-0.15, -0.1) is 0 Å². The second kappa shape index (κ2) is 6.50. The molecule has 2 heterocycles. The van der Waals surface area contributed by atoms with Crippen LogP contribution >= 0.6 is 0 Å². The van der Waals surface area contributed by atoms with E-state index in [-0.39, 0.29) is 0 Å². The molecule has 3 nitrogen and oxygen atoms in total. The third kappa shape index (κ3) is 3.78. The predicted molar refractivity (Wildman–Crippen MR) is 70.1 cm³/mol. The average Bonchev–Trinajstić information content (AvgIpc) is 2.38. The first-order valence-electron chi connectivity index (χ1n) is 7.17. The Labute approximate surface area is 105 Å². The van der Waals surface area contributed by atoms with Gasteiger partial charge in [-0.25, -0.2) is 0 Å². The fourth-order valence-corrected chi connectivity index (χ4v) is 3.25. The van der Waals surface area contributed by atoms with Gasteiger partial charge in [0, 0.05) is 18.5 Å². The van der Waals surface area contributed by atoms with E-state index in [1.54, 1.807) is 0 Å². The molecule has 17 heavy (non-hydrogen) atoms. The van der Waals surface area contributed by atoms with Crippen molar-refractivity contribution < 1.29 is 4.79 Å². The van der Waals surface area contributed by atoms with E-state index < -0.39 is 0 Å². The Morgan fingerprint density at radius 3 is 2.82 bits per heavy atom. The Morgan fingerprint density at radius 2 is 2.06 bits per heavy atom. The van der Waals surface area contributed by atoms with Crippen molar-refractivity contribution >= 4 is 6.29 Å². The van der Waals surface area contributed by atoms with Crippen LogP contribution in [0.3, 0.4) is 0 Å². The van der Waals surface area contributed by atoms with E-state index in [2.05, 4.69) is 16.8 Å². The molecule has 2 rings (SSSR count). The highest BCUT2D eigenvalue weighted by molar-refractivity contribution is 5.53. The zero-order valence-corrected chi connectivity index (χ0v) is 11.1. The maximum Gasteiger partial charge on any atom is 0.124 e. The highest BCUT2D eigenvalue weighted by Gasteiger charge is 2.22. The van der Waals surface area contributed by atoms with Crippen LogP contribution in [0.2, 0.25) is 0 Å². The number of hydrogen-bond donors (Lipinski definition) is 0. The molecule has 0 aromatic heterocycles. The molecule has 2 atom stereocenters. The van der Waals surface area contributed by atoms with Gasteiger partial charge in [0.2, 0.25) is 0 Å². The Morgan fingerprint density at radius 1 is 1.18 bits per heavy atom. The van der Waals surface area contributed by atoms with Crippen molar-refractivity contribution in [1.29, 1.82) is 0 Å². The first kappa shape index (κ1) is 13.0. The zero-order chi connectivity index (χ0) is 12.1. The molecule has 0 aromatic carbocycles. The molecular weight excluding hydrogens is 212 g/mol. The SMILES string of the molecule is CN1CCCCC1CCN1CCCC(C=O)C1. The van der Waals surface area contributed by atoms with Crippen molar-refractivity contribution in [2.24, 2.45) is 5.92 Å². The van der Waals surface area contributed by atoms with E-state index in [0.29, 0.717) is 5.92 Å². The van der Waals surface area contributed by atoms with Gasteiger partial charge in [-0.05, 0) is 58.8 Å². The molecule has 2 saturated heterocycles. The molecule has 2 aliphatic rings. The summed E-state index contributed by atoms with van der Waals surface area (Å²) in [4.78, 5) is 15.8. The minimum atomic E-state index is 0.299. The molecule has 3 heteroatoms. The van der Waals surface area contributed by atoms with Crippen molar-refractivity contribution in [3.63, 3.8) is 0 Å². The highest BCUT2D eigenvalue weighted by Crippen LogP contribution is 2.20. The summed E-state index contributed by atoms with van der Waals surface area (Å²) in [7, 11) is 2.26. The number of rotatable bonds is 4. The fraction of sp³-hybridized carbons (Fsp3) is 0.929. The van der Waals surface area contributed by atoms with Gasteiger partial charge in [-0.3, -0.25) is 0 Å². The first-order chi connectivity index (χ1) is 8.29. The number of aldehydes is 1. The summed E-state index contributed by atoms with van der Waals surface area (Å²) in [5.74, 6) is 0.299. The molecule has 0 N–H and O–H groups in total. The summed E-state index contributed by atoms with van der Waals surface area (Å²) in [5.41, 5.74) is 0. The highest BCUT2D eigenvalue weighted by atomic mass is 16.1. The standard InChI is InChI=1S/C14H26N2O/c1-15-8-3-2-6-14(15)7-10-16-9-4-5-13(11-16)12-17/h12-14H,2-11H2,1H3. The van der Waals surface area contributed by atoms with Crippen molar-refractivity contribution in [3.05, 3.63) is 0 Å². The largest absolute Gasteiger partial charge is 0.303 e. The summed E-state index contributed by atoms with van der Waals surface area (Å²) in [6.07, 6.45) is 8.85. The van der Waals surface area contributed by atoms with Gasteiger partial charge in [-0.2, -0.15) is 0 Å². The second-order valence-corrected chi connectivity index (χ2v) is 5.76. The molecule has 0 bridgehead atoms. The lowest BCUT2D eigenvalue weighted by Gasteiger charge is -2.36. The Balaban J connectivity index is 1.71. The van der Waals surface area contributed by atoms with Gasteiger partial charge in [0.25, 0.3) is 0 Å². The first-order valence-corrected chi connectivity index (χ1v) is 7.17. The summed E-state index contributed by atoms with van der Waals surface area (Å²) in [6, 6.07) is 0.778. The van der Waals surface area contributed by atoms with E-state index in [4.69, 9.17) is 0 Å². The predicted octanol–water partition coefficient (Wildman–Crippen LogP) is 1.77. The summed E-state index contributed by atoms with van der Waals surface area (Å²) < 4.78 is 0. The van der Waals surface area contributed by atoms with Crippen LogP contribution in [-0.4, -0.2) is 55.4 Å². The fourth-order valence-electron chi connectivity index (χ4n) is 3.25.